The van der Waals surface area contributed by atoms with Crippen LogP contribution >= 0.6 is 15.9 Å². The van der Waals surface area contributed by atoms with Crippen LogP contribution in [0.25, 0.3) is 0 Å². The predicted octanol–water partition coefficient (Wildman–Crippen LogP) is 3.56. The molecule has 1 aromatic rings. The van der Waals surface area contributed by atoms with Crippen molar-refractivity contribution in [3.63, 3.8) is 0 Å². The van der Waals surface area contributed by atoms with Crippen LogP contribution in [0.15, 0.2) is 28.8 Å². The Hall–Kier alpha value is -0.740. The van der Waals surface area contributed by atoms with E-state index < -0.39 is 11.6 Å². The number of hydrogen-bond donors (Lipinski definition) is 1. The first-order valence-corrected chi connectivity index (χ1v) is 5.24. The van der Waals surface area contributed by atoms with Gasteiger partial charge in [0.05, 0.1) is 10.5 Å². The molecule has 0 bridgehead atoms. The summed E-state index contributed by atoms with van der Waals surface area (Å²) in [5.41, 5.74) is 1.48. The predicted molar refractivity (Wildman–Crippen MR) is 60.7 cm³/mol. The number of hydrogen-bond acceptors (Lipinski definition) is 1. The zero-order chi connectivity index (χ0) is 11.6. The summed E-state index contributed by atoms with van der Waals surface area (Å²) >= 11 is 3.04. The van der Waals surface area contributed by atoms with E-state index in [4.69, 9.17) is 0 Å². The van der Waals surface area contributed by atoms with E-state index in [1.54, 1.807) is 13.1 Å². The Labute approximate surface area is 96.3 Å². The van der Waals surface area contributed by atoms with Gasteiger partial charge in [-0.05, 0) is 41.5 Å². The number of halogens is 3. The van der Waals surface area contributed by atoms with Crippen molar-refractivity contribution in [2.24, 2.45) is 0 Å². The quantitative estimate of drug-likeness (QED) is 0.657. The lowest BCUT2D eigenvalue weighted by Crippen LogP contribution is -2.18. The molecule has 1 atom stereocenters. The van der Waals surface area contributed by atoms with Gasteiger partial charge in [-0.3, -0.25) is 0 Å². The third-order valence-electron chi connectivity index (χ3n) is 2.16. The number of nitrogens with one attached hydrogen (secondary N) is 1. The highest BCUT2D eigenvalue weighted by Crippen LogP contribution is 2.30. The largest absolute Gasteiger partial charge is 0.310 e. The lowest BCUT2D eigenvalue weighted by molar-refractivity contribution is 0.499. The molecular formula is C11H12BrF2N. The van der Waals surface area contributed by atoms with E-state index in [1.165, 1.54) is 0 Å². The van der Waals surface area contributed by atoms with Crippen molar-refractivity contribution in [2.45, 2.75) is 13.0 Å². The van der Waals surface area contributed by atoms with E-state index in [0.717, 1.165) is 11.6 Å². The van der Waals surface area contributed by atoms with Gasteiger partial charge in [0.1, 0.15) is 0 Å². The van der Waals surface area contributed by atoms with Gasteiger partial charge < -0.3 is 5.32 Å². The van der Waals surface area contributed by atoms with E-state index in [9.17, 15) is 8.78 Å². The highest BCUT2D eigenvalue weighted by atomic mass is 79.9. The van der Waals surface area contributed by atoms with Crippen LogP contribution in [-0.2, 0) is 0 Å². The summed E-state index contributed by atoms with van der Waals surface area (Å²) in [5, 5.41) is 2.99. The van der Waals surface area contributed by atoms with Crippen molar-refractivity contribution in [1.82, 2.24) is 5.32 Å². The Morgan fingerprint density at radius 3 is 2.53 bits per heavy atom. The normalized spacial score (nSPS) is 12.6. The molecule has 1 nitrogen and oxygen atoms in total. The second-order valence-electron chi connectivity index (χ2n) is 3.33. The molecule has 4 heteroatoms. The summed E-state index contributed by atoms with van der Waals surface area (Å²) in [5.74, 6) is -1.73. The van der Waals surface area contributed by atoms with Crippen LogP contribution in [0, 0.1) is 11.6 Å². The summed E-state index contributed by atoms with van der Waals surface area (Å²) in [4.78, 5) is 0. The van der Waals surface area contributed by atoms with Gasteiger partial charge >= 0.3 is 0 Å². The minimum atomic E-state index is -0.867. The first kappa shape index (κ1) is 12.3. The Bertz CT molecular complexity index is 390. The van der Waals surface area contributed by atoms with E-state index in [2.05, 4.69) is 27.8 Å². The Kier molecular flexibility index (Phi) is 3.99. The average Bonchev–Trinajstić information content (AvgIpc) is 2.18. The first-order chi connectivity index (χ1) is 6.99. The van der Waals surface area contributed by atoms with E-state index in [1.807, 2.05) is 6.92 Å². The van der Waals surface area contributed by atoms with Crippen LogP contribution in [0.1, 0.15) is 18.5 Å². The zero-order valence-corrected chi connectivity index (χ0v) is 10.2. The molecule has 82 valence electrons. The number of rotatable bonds is 3. The second-order valence-corrected chi connectivity index (χ2v) is 4.13. The van der Waals surface area contributed by atoms with Crippen molar-refractivity contribution in [3.8, 4) is 0 Å². The molecule has 0 heterocycles. The maximum absolute atomic E-state index is 13.3. The van der Waals surface area contributed by atoms with Crippen molar-refractivity contribution in [3.05, 3.63) is 46.0 Å². The lowest BCUT2D eigenvalue weighted by atomic mass is 10.0. The van der Waals surface area contributed by atoms with Gasteiger partial charge in [0.25, 0.3) is 0 Å². The summed E-state index contributed by atoms with van der Waals surface area (Å²) < 4.78 is 26.3. The van der Waals surface area contributed by atoms with E-state index in [0.29, 0.717) is 5.56 Å². The van der Waals surface area contributed by atoms with Crippen molar-refractivity contribution in [1.29, 1.82) is 0 Å². The summed E-state index contributed by atoms with van der Waals surface area (Å²) in [6.07, 6.45) is 0. The van der Waals surface area contributed by atoms with Gasteiger partial charge in [0.15, 0.2) is 11.6 Å². The smallest absolute Gasteiger partial charge is 0.173 e. The minimum Gasteiger partial charge on any atom is -0.310 e. The Morgan fingerprint density at radius 1 is 1.47 bits per heavy atom. The fourth-order valence-electron chi connectivity index (χ4n) is 1.43. The van der Waals surface area contributed by atoms with Crippen LogP contribution in [0.4, 0.5) is 8.78 Å². The molecule has 0 aromatic heterocycles. The third kappa shape index (κ3) is 2.44. The fraction of sp³-hybridized carbons (Fsp3) is 0.273. The van der Waals surface area contributed by atoms with Gasteiger partial charge in [0, 0.05) is 0 Å². The molecular weight excluding hydrogens is 264 g/mol. The molecule has 0 amide bonds. The highest BCUT2D eigenvalue weighted by molar-refractivity contribution is 9.10. The van der Waals surface area contributed by atoms with Crippen molar-refractivity contribution >= 4 is 15.9 Å². The standard InChI is InChI=1S/C11H12BrF2N/c1-6(2)11(15-3)7-4-5-8(13)10(14)9(7)12/h4-5,11,15H,1H2,2-3H3. The van der Waals surface area contributed by atoms with Crippen LogP contribution < -0.4 is 5.32 Å². The first-order valence-electron chi connectivity index (χ1n) is 4.45. The van der Waals surface area contributed by atoms with Gasteiger partial charge in [0.2, 0.25) is 0 Å². The van der Waals surface area contributed by atoms with E-state index >= 15 is 0 Å². The third-order valence-corrected chi connectivity index (χ3v) is 2.96. The summed E-state index contributed by atoms with van der Waals surface area (Å²) in [6.45, 7) is 5.62. The maximum atomic E-state index is 13.3. The Balaban J connectivity index is 3.25. The van der Waals surface area contributed by atoms with Crippen LogP contribution in [0.2, 0.25) is 0 Å². The molecule has 0 aliphatic carbocycles. The molecule has 0 fully saturated rings. The molecule has 1 unspecified atom stereocenters. The van der Waals surface area contributed by atoms with Gasteiger partial charge in [-0.15, -0.1) is 0 Å². The molecule has 0 aliphatic rings. The van der Waals surface area contributed by atoms with Gasteiger partial charge in [-0.2, -0.15) is 0 Å². The molecule has 1 rings (SSSR count). The fourth-order valence-corrected chi connectivity index (χ4v) is 1.98. The van der Waals surface area contributed by atoms with Crippen LogP contribution in [0.5, 0.6) is 0 Å². The maximum Gasteiger partial charge on any atom is 0.173 e. The molecule has 0 radical (unpaired) electrons. The molecule has 1 aromatic carbocycles. The zero-order valence-electron chi connectivity index (χ0n) is 8.57. The van der Waals surface area contributed by atoms with Crippen LogP contribution in [0.3, 0.4) is 0 Å². The SMILES string of the molecule is C=C(C)C(NC)c1ccc(F)c(F)c1Br. The lowest BCUT2D eigenvalue weighted by Gasteiger charge is -2.18. The number of likely N-dealkylation sites (N-methyl/N-ethyl adjacent to an activating group) is 1. The summed E-state index contributed by atoms with van der Waals surface area (Å²) in [7, 11) is 1.74. The number of benzene rings is 1. The highest BCUT2D eigenvalue weighted by Gasteiger charge is 2.18. The molecule has 1 N–H and O–H groups in total. The topological polar surface area (TPSA) is 12.0 Å². The molecule has 0 spiro atoms. The van der Waals surface area contributed by atoms with Gasteiger partial charge in [-0.25, -0.2) is 8.78 Å². The second kappa shape index (κ2) is 4.86. The average molecular weight is 276 g/mol. The monoisotopic (exact) mass is 275 g/mol. The molecule has 0 aliphatic heterocycles. The van der Waals surface area contributed by atoms with E-state index in [-0.39, 0.29) is 10.5 Å². The molecule has 0 saturated heterocycles. The van der Waals surface area contributed by atoms with Crippen molar-refractivity contribution < 1.29 is 8.78 Å². The van der Waals surface area contributed by atoms with Crippen molar-refractivity contribution in [2.75, 3.05) is 7.05 Å². The summed E-state index contributed by atoms with van der Waals surface area (Å²) in [6, 6.07) is 2.47. The molecule has 15 heavy (non-hydrogen) atoms. The molecule has 0 saturated carbocycles. The Morgan fingerprint density at radius 2 is 2.07 bits per heavy atom. The minimum absolute atomic E-state index is 0.143. The van der Waals surface area contributed by atoms with Gasteiger partial charge in [-0.1, -0.05) is 18.2 Å². The van der Waals surface area contributed by atoms with Crippen LogP contribution in [-0.4, -0.2) is 7.05 Å².